The van der Waals surface area contributed by atoms with Gasteiger partial charge >= 0.3 is 27.8 Å². The highest BCUT2D eigenvalue weighted by Gasteiger charge is 2.36. The van der Waals surface area contributed by atoms with Crippen LogP contribution in [0, 0.1) is 13.8 Å². The number of phosphoric ester groups is 1. The van der Waals surface area contributed by atoms with E-state index in [0.717, 1.165) is 16.7 Å². The third-order valence-corrected chi connectivity index (χ3v) is 11.1. The smallest absolute Gasteiger partial charge is 0.426 e. The number of ether oxygens (including phenoxy) is 2. The first kappa shape index (κ1) is 35.3. The summed E-state index contributed by atoms with van der Waals surface area (Å²) in [6.07, 6.45) is 7.13. The Morgan fingerprint density at radius 3 is 1.96 bits per heavy atom. The van der Waals surface area contributed by atoms with Crippen molar-refractivity contribution < 1.29 is 41.2 Å². The van der Waals surface area contributed by atoms with Gasteiger partial charge in [-0.2, -0.15) is 0 Å². The fourth-order valence-electron chi connectivity index (χ4n) is 5.91. The molecule has 0 amide bonds. The number of nitrogens with zero attached hydrogens (tertiary/aromatic N) is 2. The van der Waals surface area contributed by atoms with Crippen LogP contribution in [0.15, 0.2) is 92.3 Å². The van der Waals surface area contributed by atoms with Crippen LogP contribution < -0.4 is 31.5 Å². The Balaban J connectivity index is 0.836. The molecule has 4 aliphatic heterocycles. The normalized spacial score (nSPS) is 25.8. The molecule has 8 rings (SSSR count). The molecule has 4 aromatic rings. The lowest BCUT2D eigenvalue weighted by Crippen LogP contribution is -2.33. The number of rotatable bonds is 9. The first-order valence-corrected chi connectivity index (χ1v) is 19.0. The number of phosphoric acid groups is 1. The fourth-order valence-corrected chi connectivity index (χ4v) is 8.16. The number of aromatic nitrogens is 4. The zero-order valence-corrected chi connectivity index (χ0v) is 30.0. The molecule has 2 N–H and O–H groups in total. The highest BCUT2D eigenvalue weighted by molar-refractivity contribution is 7.49. The zero-order valence-electron chi connectivity index (χ0n) is 28.2. The van der Waals surface area contributed by atoms with Gasteiger partial charge in [-0.1, -0.05) is 24.3 Å². The van der Waals surface area contributed by atoms with Crippen LogP contribution in [-0.4, -0.2) is 44.5 Å². The van der Waals surface area contributed by atoms with E-state index in [-0.39, 0.29) is 26.4 Å². The van der Waals surface area contributed by atoms with Crippen LogP contribution >= 0.6 is 16.4 Å². The average molecular weight is 767 g/mol. The van der Waals surface area contributed by atoms with E-state index in [2.05, 4.69) is 9.97 Å². The lowest BCUT2D eigenvalue weighted by molar-refractivity contribution is -0.0130. The summed E-state index contributed by atoms with van der Waals surface area (Å²) >= 11 is 0. The van der Waals surface area contributed by atoms with Crippen LogP contribution in [0.3, 0.4) is 0 Å². The molecule has 2 aromatic carbocycles. The minimum Gasteiger partial charge on any atom is -0.426 e. The number of benzene rings is 2. The first-order chi connectivity index (χ1) is 25.5. The molecule has 276 valence electrons. The second-order valence-electron chi connectivity index (χ2n) is 12.5. The van der Waals surface area contributed by atoms with Gasteiger partial charge in [-0.3, -0.25) is 46.8 Å². The van der Waals surface area contributed by atoms with E-state index in [0.29, 0.717) is 28.2 Å². The Labute approximate surface area is 300 Å². The number of hydrogen-bond acceptors (Lipinski definition) is 13. The molecule has 6 heterocycles. The summed E-state index contributed by atoms with van der Waals surface area (Å²) in [7, 11) is -5.67. The van der Waals surface area contributed by atoms with E-state index in [9.17, 15) is 23.7 Å². The molecular weight excluding hydrogens is 734 g/mol. The molecule has 2 aromatic heterocycles. The molecule has 0 saturated heterocycles. The van der Waals surface area contributed by atoms with Crippen molar-refractivity contribution in [2.24, 2.45) is 0 Å². The maximum Gasteiger partial charge on any atom is 0.530 e. The van der Waals surface area contributed by atoms with Gasteiger partial charge in [-0.05, 0) is 61.4 Å². The Hall–Kier alpha value is -4.70. The Morgan fingerprint density at radius 1 is 0.774 bits per heavy atom. The number of aromatic amines is 2. The lowest BCUT2D eigenvalue weighted by Gasteiger charge is -2.26. The average Bonchev–Trinajstić information content (AvgIpc) is 3.83. The van der Waals surface area contributed by atoms with E-state index in [1.807, 2.05) is 30.3 Å². The molecular formula is C34H32N4O13P2. The molecule has 0 bridgehead atoms. The van der Waals surface area contributed by atoms with E-state index >= 15 is 0 Å². The van der Waals surface area contributed by atoms with Crippen LogP contribution in [0.4, 0.5) is 0 Å². The lowest BCUT2D eigenvalue weighted by atomic mass is 10.0. The topological polar surface area (TPSA) is 201 Å². The molecule has 19 heteroatoms. The van der Waals surface area contributed by atoms with E-state index in [4.69, 9.17) is 36.6 Å². The molecule has 4 aliphatic rings. The number of aryl methyl sites for hydroxylation is 2. The molecule has 53 heavy (non-hydrogen) atoms. The van der Waals surface area contributed by atoms with E-state index < -0.39 is 63.6 Å². The molecule has 0 radical (unpaired) electrons. The number of hydrogen-bond donors (Lipinski definition) is 2. The predicted octanol–water partition coefficient (Wildman–Crippen LogP) is 4.16. The van der Waals surface area contributed by atoms with Gasteiger partial charge in [0.2, 0.25) is 0 Å². The SMILES string of the molecule is Cc1cn([C@@H]2C=CC(COP3OCc4cc(-c5ccc6c(c5)COP(=O)(OCC5C=C[C@H](n7cc(C)c(=O)[nH]c7=O)O5)O6)ccc4O3)O2)c(=O)[nH]c1=O. The molecule has 0 fully saturated rings. The van der Waals surface area contributed by atoms with Crippen molar-refractivity contribution in [3.05, 3.63) is 137 Å². The Morgan fingerprint density at radius 2 is 1.34 bits per heavy atom. The summed E-state index contributed by atoms with van der Waals surface area (Å²) in [5, 5.41) is 0. The van der Waals surface area contributed by atoms with Crippen molar-refractivity contribution >= 4 is 16.4 Å². The predicted molar refractivity (Wildman–Crippen MR) is 187 cm³/mol. The summed E-state index contributed by atoms with van der Waals surface area (Å²) in [6.45, 7) is 3.40. The van der Waals surface area contributed by atoms with Crippen LogP contribution in [0.2, 0.25) is 0 Å². The maximum absolute atomic E-state index is 13.3. The van der Waals surface area contributed by atoms with Gasteiger partial charge in [-0.15, -0.1) is 0 Å². The highest BCUT2D eigenvalue weighted by Crippen LogP contribution is 2.55. The van der Waals surface area contributed by atoms with Gasteiger partial charge in [0.25, 0.3) is 11.1 Å². The minimum atomic E-state index is -3.97. The molecule has 17 nitrogen and oxygen atoms in total. The monoisotopic (exact) mass is 766 g/mol. The van der Waals surface area contributed by atoms with Crippen molar-refractivity contribution in [1.82, 2.24) is 19.1 Å². The van der Waals surface area contributed by atoms with Crippen LogP contribution in [0.5, 0.6) is 11.5 Å². The van der Waals surface area contributed by atoms with Gasteiger partial charge in [0.1, 0.15) is 23.7 Å². The fraction of sp³-hybridized carbons (Fsp3) is 0.294. The van der Waals surface area contributed by atoms with Crippen molar-refractivity contribution in [3.63, 3.8) is 0 Å². The van der Waals surface area contributed by atoms with Gasteiger partial charge < -0.3 is 18.5 Å². The number of fused-ring (bicyclic) bond motifs is 2. The molecule has 0 spiro atoms. The molecule has 0 saturated carbocycles. The molecule has 0 aliphatic carbocycles. The van der Waals surface area contributed by atoms with Crippen molar-refractivity contribution in [2.45, 2.75) is 51.7 Å². The van der Waals surface area contributed by atoms with Gasteiger partial charge in [-0.25, -0.2) is 14.2 Å². The van der Waals surface area contributed by atoms with Gasteiger partial charge in [0.15, 0.2) is 12.5 Å². The number of H-pyrrole nitrogens is 2. The van der Waals surface area contributed by atoms with Crippen LogP contribution in [-0.2, 0) is 45.3 Å². The Kier molecular flexibility index (Phi) is 9.51. The summed E-state index contributed by atoms with van der Waals surface area (Å²) in [4.78, 5) is 52.3. The van der Waals surface area contributed by atoms with Gasteiger partial charge in [0, 0.05) is 34.6 Å². The number of nitrogens with one attached hydrogen (secondary N) is 2. The maximum atomic E-state index is 13.3. The zero-order chi connectivity index (χ0) is 36.9. The second kappa shape index (κ2) is 14.3. The highest BCUT2D eigenvalue weighted by atomic mass is 31.2. The van der Waals surface area contributed by atoms with Gasteiger partial charge in [0.05, 0.1) is 26.4 Å². The first-order valence-electron chi connectivity index (χ1n) is 16.4. The summed E-state index contributed by atoms with van der Waals surface area (Å²) in [5.41, 5.74) is 1.90. The van der Waals surface area contributed by atoms with E-state index in [1.54, 1.807) is 44.2 Å². The largest absolute Gasteiger partial charge is 0.530 e. The minimum absolute atomic E-state index is 0.0167. The second-order valence-corrected chi connectivity index (χ2v) is 15.2. The molecule has 4 unspecified atom stereocenters. The standard InChI is InChI=1S/C34H32N4O13P2/c1-19-13-37(33(41)35-31(19)39)29-9-5-25(48-29)17-45-52-44-15-23-11-21(3-7-27(23)50-52)22-4-8-28-24(12-22)16-46-53(43,51-28)47-18-26-6-10-30(49-26)38-14-20(2)32(40)36-34(38)42/h3-14,25-26,29-30H,15-18H2,1-2H3,(H,35,39,41)(H,36,40,42)/t25?,26?,29-,30+,52?,53?/m0/s1. The molecule has 6 atom stereocenters. The van der Waals surface area contributed by atoms with Crippen molar-refractivity contribution in [2.75, 3.05) is 13.2 Å². The Bertz CT molecular complexity index is 2440. The van der Waals surface area contributed by atoms with E-state index in [1.165, 1.54) is 21.5 Å². The summed E-state index contributed by atoms with van der Waals surface area (Å²) in [5.74, 6) is 0.984. The van der Waals surface area contributed by atoms with Crippen molar-refractivity contribution in [3.8, 4) is 22.6 Å². The van der Waals surface area contributed by atoms with Crippen molar-refractivity contribution in [1.29, 1.82) is 0 Å². The third-order valence-electron chi connectivity index (χ3n) is 8.73. The summed E-state index contributed by atoms with van der Waals surface area (Å²) < 4.78 is 62.0. The quantitative estimate of drug-likeness (QED) is 0.182. The van der Waals surface area contributed by atoms with Crippen LogP contribution in [0.25, 0.3) is 11.1 Å². The van der Waals surface area contributed by atoms with Crippen LogP contribution in [0.1, 0.15) is 34.7 Å². The summed E-state index contributed by atoms with van der Waals surface area (Å²) in [6, 6.07) is 11.1. The third kappa shape index (κ3) is 7.43.